The molecule has 1 aromatic carbocycles. The van der Waals surface area contributed by atoms with Crippen LogP contribution in [0.2, 0.25) is 0 Å². The lowest BCUT2D eigenvalue weighted by atomic mass is 9.86. The normalized spacial score (nSPS) is 14.8. The number of carbonyl (C=O) groups excluding carboxylic acids is 1. The molecule has 0 bridgehead atoms. The molecule has 0 aliphatic rings. The van der Waals surface area contributed by atoms with Crippen LogP contribution in [0, 0.1) is 6.92 Å². The fourth-order valence-electron chi connectivity index (χ4n) is 2.01. The van der Waals surface area contributed by atoms with Crippen molar-refractivity contribution < 1.29 is 19.4 Å². The Morgan fingerprint density at radius 1 is 1.12 bits per heavy atom. The Bertz CT molecular complexity index is 604. The van der Waals surface area contributed by atoms with Gasteiger partial charge in [0.1, 0.15) is 5.60 Å². The van der Waals surface area contributed by atoms with Gasteiger partial charge < -0.3 is 15.6 Å². The Morgan fingerprint density at radius 3 is 2.04 bits per heavy atom. The third kappa shape index (κ3) is 4.74. The molecule has 0 saturated heterocycles. The number of aliphatic carboxylic acids is 1. The topological polar surface area (TPSA) is 89.6 Å². The number of benzene rings is 1. The van der Waals surface area contributed by atoms with Gasteiger partial charge in [-0.25, -0.2) is 9.59 Å². The molecule has 1 atom stereocenters. The maximum absolute atomic E-state index is 12.5. The molecule has 0 radical (unpaired) electrons. The minimum Gasteiger partial charge on any atom is -0.479 e. The summed E-state index contributed by atoms with van der Waals surface area (Å²) in [6.45, 7) is 10.4. The van der Waals surface area contributed by atoms with Crippen LogP contribution in [-0.4, -0.2) is 32.9 Å². The first-order valence-electron chi connectivity index (χ1n) is 7.75. The number of carboxylic acid groups (broad SMARTS) is 1. The minimum absolute atomic E-state index is 0.544. The van der Waals surface area contributed by atoms with Gasteiger partial charge in [0.25, 0.3) is 0 Å². The van der Waals surface area contributed by atoms with Crippen molar-refractivity contribution in [3.63, 3.8) is 0 Å². The minimum atomic E-state index is -2.14. The summed E-state index contributed by atoms with van der Waals surface area (Å²) in [4.78, 5) is 24.3. The highest BCUT2D eigenvalue weighted by Gasteiger charge is 2.57. The van der Waals surface area contributed by atoms with Crippen molar-refractivity contribution in [2.45, 2.75) is 63.2 Å². The molecule has 0 amide bonds. The van der Waals surface area contributed by atoms with Crippen LogP contribution < -0.4 is 5.73 Å². The maximum atomic E-state index is 12.5. The first kappa shape index (κ1) is 20.5. The Balaban J connectivity index is 3.01. The maximum Gasteiger partial charge on any atom is 0.339 e. The van der Waals surface area contributed by atoms with E-state index in [1.165, 1.54) is 11.8 Å². The van der Waals surface area contributed by atoms with Crippen molar-refractivity contribution in [1.82, 2.24) is 0 Å². The SMILES string of the molecule is Cc1ccc(CSC(C)(C)[C@@](N)(C(=O)O)C(=O)OC(C)(C)C)cc1. The fourth-order valence-corrected chi connectivity index (χ4v) is 3.13. The Morgan fingerprint density at radius 2 is 1.62 bits per heavy atom. The van der Waals surface area contributed by atoms with E-state index in [4.69, 9.17) is 10.5 Å². The number of rotatable bonds is 6. The number of aryl methyl sites for hydroxylation is 1. The van der Waals surface area contributed by atoms with Crippen LogP contribution in [0.1, 0.15) is 45.7 Å². The Labute approximate surface area is 148 Å². The van der Waals surface area contributed by atoms with Gasteiger partial charge in [-0.1, -0.05) is 29.8 Å². The van der Waals surface area contributed by atoms with E-state index in [9.17, 15) is 14.7 Å². The summed E-state index contributed by atoms with van der Waals surface area (Å²) in [5, 5.41) is 9.63. The van der Waals surface area contributed by atoms with Gasteiger partial charge in [0.15, 0.2) is 0 Å². The van der Waals surface area contributed by atoms with Gasteiger partial charge >= 0.3 is 11.9 Å². The summed E-state index contributed by atoms with van der Waals surface area (Å²) >= 11 is 1.32. The van der Waals surface area contributed by atoms with Gasteiger partial charge in [-0.3, -0.25) is 0 Å². The Kier molecular flexibility index (Phi) is 6.11. The molecule has 5 nitrogen and oxygen atoms in total. The van der Waals surface area contributed by atoms with Gasteiger partial charge in [0, 0.05) is 5.75 Å². The van der Waals surface area contributed by atoms with Crippen LogP contribution in [0.15, 0.2) is 24.3 Å². The lowest BCUT2D eigenvalue weighted by Crippen LogP contribution is -2.67. The highest BCUT2D eigenvalue weighted by atomic mass is 32.2. The number of carboxylic acids is 1. The summed E-state index contributed by atoms with van der Waals surface area (Å²) in [7, 11) is 0. The largest absolute Gasteiger partial charge is 0.479 e. The van der Waals surface area contributed by atoms with Crippen LogP contribution in [0.5, 0.6) is 0 Å². The zero-order valence-corrected chi connectivity index (χ0v) is 16.0. The standard InChI is InChI=1S/C18H27NO4S/c1-12-7-9-13(10-8-12)11-24-17(5,6)18(19,14(20)21)15(22)23-16(2,3)4/h7-10H,11,19H2,1-6H3,(H,20,21)/t18-/m1/s1. The molecule has 6 heteroatoms. The van der Waals surface area contributed by atoms with Gasteiger partial charge in [0.2, 0.25) is 5.54 Å². The molecule has 0 aliphatic heterocycles. The zero-order chi connectivity index (χ0) is 18.8. The second-order valence-corrected chi connectivity index (χ2v) is 9.00. The number of carbonyl (C=O) groups is 2. The molecular weight excluding hydrogens is 326 g/mol. The molecular formula is C18H27NO4S. The van der Waals surface area contributed by atoms with E-state index in [1.807, 2.05) is 31.2 Å². The fraction of sp³-hybridized carbons (Fsp3) is 0.556. The molecule has 0 heterocycles. The number of esters is 1. The smallest absolute Gasteiger partial charge is 0.339 e. The van der Waals surface area contributed by atoms with E-state index >= 15 is 0 Å². The van der Waals surface area contributed by atoms with Crippen molar-refractivity contribution in [2.24, 2.45) is 5.73 Å². The first-order chi connectivity index (χ1) is 10.8. The average molecular weight is 353 g/mol. The molecule has 0 unspecified atom stereocenters. The van der Waals surface area contributed by atoms with Crippen LogP contribution in [-0.2, 0) is 20.1 Å². The van der Waals surface area contributed by atoms with E-state index in [0.29, 0.717) is 5.75 Å². The predicted octanol–water partition coefficient (Wildman–Crippen LogP) is 3.13. The second kappa shape index (κ2) is 7.15. The number of hydrogen-bond acceptors (Lipinski definition) is 5. The highest BCUT2D eigenvalue weighted by Crippen LogP contribution is 2.38. The summed E-state index contributed by atoms with van der Waals surface area (Å²) in [6, 6.07) is 7.93. The van der Waals surface area contributed by atoms with Crippen molar-refractivity contribution in [3.05, 3.63) is 35.4 Å². The van der Waals surface area contributed by atoms with E-state index in [1.54, 1.807) is 34.6 Å². The number of nitrogens with two attached hydrogens (primary N) is 1. The summed E-state index contributed by atoms with van der Waals surface area (Å²) in [6.07, 6.45) is 0. The first-order valence-corrected chi connectivity index (χ1v) is 8.73. The van der Waals surface area contributed by atoms with Crippen LogP contribution in [0.3, 0.4) is 0 Å². The number of thioether (sulfide) groups is 1. The number of hydrogen-bond donors (Lipinski definition) is 2. The van der Waals surface area contributed by atoms with Gasteiger partial charge in [-0.2, -0.15) is 0 Å². The molecule has 134 valence electrons. The molecule has 3 N–H and O–H groups in total. The van der Waals surface area contributed by atoms with Gasteiger partial charge in [-0.15, -0.1) is 11.8 Å². The predicted molar refractivity (Wildman–Crippen MR) is 97.0 cm³/mol. The second-order valence-electron chi connectivity index (χ2n) is 7.40. The van der Waals surface area contributed by atoms with Crippen molar-refractivity contribution in [3.8, 4) is 0 Å². The summed E-state index contributed by atoms with van der Waals surface area (Å²) < 4.78 is 4.20. The van der Waals surface area contributed by atoms with E-state index in [2.05, 4.69) is 0 Å². The highest BCUT2D eigenvalue weighted by molar-refractivity contribution is 8.00. The van der Waals surface area contributed by atoms with Crippen molar-refractivity contribution >= 4 is 23.7 Å². The number of ether oxygens (including phenoxy) is 1. The zero-order valence-electron chi connectivity index (χ0n) is 15.2. The third-order valence-corrected chi connectivity index (χ3v) is 5.25. The van der Waals surface area contributed by atoms with Crippen molar-refractivity contribution in [2.75, 3.05) is 0 Å². The molecule has 0 aromatic heterocycles. The molecule has 0 spiro atoms. The molecule has 0 fully saturated rings. The van der Waals surface area contributed by atoms with E-state index in [-0.39, 0.29) is 0 Å². The quantitative estimate of drug-likeness (QED) is 0.603. The van der Waals surface area contributed by atoms with Gasteiger partial charge in [-0.05, 0) is 47.1 Å². The summed E-state index contributed by atoms with van der Waals surface area (Å²) in [5.74, 6) is -1.77. The lowest BCUT2D eigenvalue weighted by Gasteiger charge is -2.39. The monoisotopic (exact) mass is 353 g/mol. The Hall–Kier alpha value is -1.53. The molecule has 0 aliphatic carbocycles. The van der Waals surface area contributed by atoms with Gasteiger partial charge in [0.05, 0.1) is 4.75 Å². The third-order valence-electron chi connectivity index (χ3n) is 3.73. The lowest BCUT2D eigenvalue weighted by molar-refractivity contribution is -0.170. The molecule has 1 aromatic rings. The van der Waals surface area contributed by atoms with Crippen LogP contribution in [0.25, 0.3) is 0 Å². The van der Waals surface area contributed by atoms with Crippen LogP contribution >= 0.6 is 11.8 Å². The van der Waals surface area contributed by atoms with E-state index in [0.717, 1.165) is 11.1 Å². The molecule has 0 saturated carbocycles. The average Bonchev–Trinajstić information content (AvgIpc) is 2.43. The molecule has 1 rings (SSSR count). The summed E-state index contributed by atoms with van der Waals surface area (Å²) in [5.41, 5.74) is 5.29. The molecule has 24 heavy (non-hydrogen) atoms. The van der Waals surface area contributed by atoms with Crippen LogP contribution in [0.4, 0.5) is 0 Å². The van der Waals surface area contributed by atoms with Crippen molar-refractivity contribution in [1.29, 1.82) is 0 Å². The van der Waals surface area contributed by atoms with E-state index < -0.39 is 27.8 Å².